The molecule has 5 heteroatoms. The molecule has 16 heavy (non-hydrogen) atoms. The van der Waals surface area contributed by atoms with Gasteiger partial charge in [0.1, 0.15) is 6.10 Å². The third-order valence-corrected chi connectivity index (χ3v) is 6.58. The Balaban J connectivity index is 1.98. The minimum atomic E-state index is -1.87. The van der Waals surface area contributed by atoms with E-state index in [1.54, 1.807) is 7.11 Å². The van der Waals surface area contributed by atoms with Crippen LogP contribution in [0.5, 0.6) is 0 Å². The maximum absolute atomic E-state index is 5.91. The molecule has 1 fully saturated rings. The highest BCUT2D eigenvalue weighted by Crippen LogP contribution is 2.17. The number of rotatable bonds is 10. The standard InChI is InChI=1S/C11H24O4Si/c1-4-16(5-2,12-3)15-8-6-7-13-9-11-10-14-11/h11H,4-10H2,1-3H3. The van der Waals surface area contributed by atoms with Gasteiger partial charge in [-0.25, -0.2) is 0 Å². The van der Waals surface area contributed by atoms with Gasteiger partial charge in [-0.3, -0.25) is 0 Å². The van der Waals surface area contributed by atoms with E-state index in [9.17, 15) is 0 Å². The van der Waals surface area contributed by atoms with Gasteiger partial charge in [0.15, 0.2) is 0 Å². The molecule has 1 saturated heterocycles. The molecule has 1 aliphatic heterocycles. The molecule has 0 aliphatic carbocycles. The third-order valence-electron chi connectivity index (χ3n) is 2.95. The number of hydrogen-bond acceptors (Lipinski definition) is 4. The molecule has 0 aromatic heterocycles. The summed E-state index contributed by atoms with van der Waals surface area (Å²) >= 11 is 0. The zero-order valence-electron chi connectivity index (χ0n) is 10.7. The topological polar surface area (TPSA) is 40.2 Å². The Morgan fingerprint density at radius 1 is 1.25 bits per heavy atom. The van der Waals surface area contributed by atoms with E-state index in [-0.39, 0.29) is 0 Å². The number of hydrogen-bond donors (Lipinski definition) is 0. The molecule has 1 unspecified atom stereocenters. The molecule has 0 aromatic carbocycles. The SMILES string of the molecule is CC[Si](CC)(OC)OCCCOCC1CO1. The lowest BCUT2D eigenvalue weighted by Gasteiger charge is -2.26. The molecule has 1 aliphatic rings. The van der Waals surface area contributed by atoms with Crippen LogP contribution in [0, 0.1) is 0 Å². The predicted octanol–water partition coefficient (Wildman–Crippen LogP) is 1.94. The largest absolute Gasteiger partial charge is 0.398 e. The van der Waals surface area contributed by atoms with Gasteiger partial charge in [-0.1, -0.05) is 13.8 Å². The fraction of sp³-hybridized carbons (Fsp3) is 1.00. The lowest BCUT2D eigenvalue weighted by Crippen LogP contribution is -2.39. The maximum atomic E-state index is 5.91. The van der Waals surface area contributed by atoms with Gasteiger partial charge in [0, 0.05) is 20.3 Å². The second-order valence-corrected chi connectivity index (χ2v) is 7.99. The lowest BCUT2D eigenvalue weighted by molar-refractivity contribution is 0.0974. The van der Waals surface area contributed by atoms with Gasteiger partial charge in [0.2, 0.25) is 0 Å². The van der Waals surface area contributed by atoms with Crippen molar-refractivity contribution in [1.29, 1.82) is 0 Å². The first-order chi connectivity index (χ1) is 7.76. The van der Waals surface area contributed by atoms with E-state index in [4.69, 9.17) is 18.3 Å². The zero-order chi connectivity index (χ0) is 11.9. The van der Waals surface area contributed by atoms with Gasteiger partial charge >= 0.3 is 8.56 Å². The van der Waals surface area contributed by atoms with Crippen molar-refractivity contribution in [2.45, 2.75) is 38.5 Å². The maximum Gasteiger partial charge on any atom is 0.337 e. The highest BCUT2D eigenvalue weighted by atomic mass is 28.4. The van der Waals surface area contributed by atoms with Gasteiger partial charge in [-0.05, 0) is 18.5 Å². The van der Waals surface area contributed by atoms with E-state index in [0.717, 1.165) is 44.9 Å². The van der Waals surface area contributed by atoms with Crippen molar-refractivity contribution in [3.8, 4) is 0 Å². The fourth-order valence-corrected chi connectivity index (χ4v) is 3.72. The summed E-state index contributed by atoms with van der Waals surface area (Å²) in [5.41, 5.74) is 0. The molecular formula is C11H24O4Si. The van der Waals surface area contributed by atoms with Gasteiger partial charge < -0.3 is 18.3 Å². The Morgan fingerprint density at radius 3 is 2.44 bits per heavy atom. The molecule has 1 rings (SSSR count). The van der Waals surface area contributed by atoms with Crippen LogP contribution < -0.4 is 0 Å². The summed E-state index contributed by atoms with van der Waals surface area (Å²) in [6.07, 6.45) is 1.30. The third kappa shape index (κ3) is 4.93. The molecule has 1 heterocycles. The van der Waals surface area contributed by atoms with Crippen molar-refractivity contribution >= 4 is 8.56 Å². The first-order valence-electron chi connectivity index (χ1n) is 6.14. The summed E-state index contributed by atoms with van der Waals surface area (Å²) in [5, 5.41) is 0. The molecule has 0 spiro atoms. The molecule has 0 radical (unpaired) electrons. The van der Waals surface area contributed by atoms with Gasteiger partial charge in [0.05, 0.1) is 13.2 Å². The molecule has 0 N–H and O–H groups in total. The number of epoxide rings is 1. The van der Waals surface area contributed by atoms with Crippen LogP contribution in [0.25, 0.3) is 0 Å². The molecule has 96 valence electrons. The van der Waals surface area contributed by atoms with Crippen LogP contribution in [0.3, 0.4) is 0 Å². The minimum Gasteiger partial charge on any atom is -0.398 e. The van der Waals surface area contributed by atoms with Crippen LogP contribution in [0.4, 0.5) is 0 Å². The monoisotopic (exact) mass is 248 g/mol. The van der Waals surface area contributed by atoms with Crippen molar-refractivity contribution < 1.29 is 18.3 Å². The molecule has 0 saturated carbocycles. The zero-order valence-corrected chi connectivity index (χ0v) is 11.7. The average Bonchev–Trinajstić information content (AvgIpc) is 3.13. The molecule has 0 bridgehead atoms. The van der Waals surface area contributed by atoms with E-state index >= 15 is 0 Å². The van der Waals surface area contributed by atoms with Crippen molar-refractivity contribution in [3.05, 3.63) is 0 Å². The Hall–Kier alpha value is 0.0569. The summed E-state index contributed by atoms with van der Waals surface area (Å²) < 4.78 is 21.9. The van der Waals surface area contributed by atoms with Crippen molar-refractivity contribution in [2.75, 3.05) is 33.5 Å². The van der Waals surface area contributed by atoms with E-state index < -0.39 is 8.56 Å². The van der Waals surface area contributed by atoms with Gasteiger partial charge in [0.25, 0.3) is 0 Å². The Labute approximate surface area is 99.5 Å². The Kier molecular flexibility index (Phi) is 6.53. The quantitative estimate of drug-likeness (QED) is 0.336. The van der Waals surface area contributed by atoms with Crippen molar-refractivity contribution in [2.24, 2.45) is 0 Å². The summed E-state index contributed by atoms with van der Waals surface area (Å²) in [4.78, 5) is 0. The first-order valence-corrected chi connectivity index (χ1v) is 8.38. The van der Waals surface area contributed by atoms with E-state index in [1.807, 2.05) is 0 Å². The predicted molar refractivity (Wildman–Crippen MR) is 64.9 cm³/mol. The summed E-state index contributed by atoms with van der Waals surface area (Å²) in [5.74, 6) is 0. The van der Waals surface area contributed by atoms with E-state index in [0.29, 0.717) is 6.10 Å². The number of ether oxygens (including phenoxy) is 2. The van der Waals surface area contributed by atoms with Crippen molar-refractivity contribution in [1.82, 2.24) is 0 Å². The highest BCUT2D eigenvalue weighted by molar-refractivity contribution is 6.67. The Morgan fingerprint density at radius 2 is 1.94 bits per heavy atom. The molecule has 0 amide bonds. The van der Waals surface area contributed by atoms with Crippen LogP contribution in [0.1, 0.15) is 20.3 Å². The smallest absolute Gasteiger partial charge is 0.337 e. The van der Waals surface area contributed by atoms with E-state index in [2.05, 4.69) is 13.8 Å². The molecular weight excluding hydrogens is 224 g/mol. The van der Waals surface area contributed by atoms with Crippen LogP contribution in [-0.2, 0) is 18.3 Å². The van der Waals surface area contributed by atoms with Crippen LogP contribution in [0.15, 0.2) is 0 Å². The highest BCUT2D eigenvalue weighted by Gasteiger charge is 2.31. The minimum absolute atomic E-state index is 0.361. The Bertz CT molecular complexity index is 173. The fourth-order valence-electron chi connectivity index (χ4n) is 1.60. The van der Waals surface area contributed by atoms with Crippen LogP contribution in [-0.4, -0.2) is 48.2 Å². The molecule has 1 atom stereocenters. The summed E-state index contributed by atoms with van der Waals surface area (Å²) in [7, 11) is -0.103. The van der Waals surface area contributed by atoms with Crippen molar-refractivity contribution in [3.63, 3.8) is 0 Å². The lowest BCUT2D eigenvalue weighted by atomic mass is 10.5. The summed E-state index contributed by atoms with van der Waals surface area (Å²) in [6, 6.07) is 2.02. The van der Waals surface area contributed by atoms with Gasteiger partial charge in [-0.2, -0.15) is 0 Å². The second-order valence-electron chi connectivity index (χ2n) is 4.05. The second kappa shape index (κ2) is 7.40. The van der Waals surface area contributed by atoms with Crippen LogP contribution >= 0.6 is 0 Å². The first kappa shape index (κ1) is 14.1. The normalized spacial score (nSPS) is 20.1. The summed E-state index contributed by atoms with van der Waals surface area (Å²) in [6.45, 7) is 7.37. The van der Waals surface area contributed by atoms with Gasteiger partial charge in [-0.15, -0.1) is 0 Å². The molecule has 0 aromatic rings. The molecule has 4 nitrogen and oxygen atoms in total. The average molecular weight is 248 g/mol. The van der Waals surface area contributed by atoms with E-state index in [1.165, 1.54) is 0 Å². The van der Waals surface area contributed by atoms with Crippen LogP contribution in [0.2, 0.25) is 12.1 Å².